The Morgan fingerprint density at radius 3 is 2.30 bits per heavy atom. The summed E-state index contributed by atoms with van der Waals surface area (Å²) in [5.41, 5.74) is 0.280. The van der Waals surface area contributed by atoms with Gasteiger partial charge in [0.15, 0.2) is 0 Å². The summed E-state index contributed by atoms with van der Waals surface area (Å²) in [7, 11) is -3.79. The zero-order chi connectivity index (χ0) is 15.3. The van der Waals surface area contributed by atoms with Gasteiger partial charge < -0.3 is 5.11 Å². The Labute approximate surface area is 128 Å². The minimum Gasteiger partial charge on any atom is -0.480 e. The number of benzene rings is 1. The smallest absolute Gasteiger partial charge is 0.318 e. The average molecular weight is 340 g/mol. The van der Waals surface area contributed by atoms with Gasteiger partial charge in [0.2, 0.25) is 10.0 Å². The minimum atomic E-state index is -3.79. The van der Waals surface area contributed by atoms with E-state index in [0.717, 1.165) is 4.31 Å². The van der Waals surface area contributed by atoms with Gasteiger partial charge in [-0.25, -0.2) is 8.42 Å². The van der Waals surface area contributed by atoms with Gasteiger partial charge in [0.25, 0.3) is 0 Å². The highest BCUT2D eigenvalue weighted by atomic mass is 35.5. The fraction of sp³-hybridized carbons (Fsp3) is 0.417. The van der Waals surface area contributed by atoms with E-state index in [1.165, 1.54) is 0 Å². The topological polar surface area (TPSA) is 74.7 Å². The molecule has 0 saturated heterocycles. The Bertz CT molecular complexity index is 569. The summed E-state index contributed by atoms with van der Waals surface area (Å²) in [5, 5.41) is 9.28. The van der Waals surface area contributed by atoms with E-state index in [0.29, 0.717) is 6.42 Å². The van der Waals surface area contributed by atoms with E-state index >= 15 is 0 Å². The number of carbonyl (C=O) groups is 1. The molecule has 0 heterocycles. The Morgan fingerprint density at radius 2 is 1.85 bits per heavy atom. The van der Waals surface area contributed by atoms with E-state index in [4.69, 9.17) is 28.3 Å². The lowest BCUT2D eigenvalue weighted by molar-refractivity contribution is -0.137. The number of nitrogens with zero attached hydrogens (tertiary/aromatic N) is 1. The molecule has 0 aromatic heterocycles. The van der Waals surface area contributed by atoms with Crippen molar-refractivity contribution in [3.05, 3.63) is 33.8 Å². The normalized spacial score (nSPS) is 11.8. The van der Waals surface area contributed by atoms with Crippen molar-refractivity contribution in [3.63, 3.8) is 0 Å². The molecule has 0 aliphatic rings. The summed E-state index contributed by atoms with van der Waals surface area (Å²) in [5.74, 6) is -1.62. The number of rotatable bonds is 7. The second-order valence-corrected chi connectivity index (χ2v) is 6.97. The average Bonchev–Trinajstić information content (AvgIpc) is 2.33. The van der Waals surface area contributed by atoms with Crippen molar-refractivity contribution in [2.75, 3.05) is 13.1 Å². The molecule has 0 saturated carbocycles. The van der Waals surface area contributed by atoms with Crippen molar-refractivity contribution in [1.29, 1.82) is 0 Å². The van der Waals surface area contributed by atoms with E-state index < -0.39 is 28.3 Å². The van der Waals surface area contributed by atoms with Crippen LogP contribution in [0.15, 0.2) is 18.2 Å². The summed E-state index contributed by atoms with van der Waals surface area (Å²) in [6.45, 7) is 1.34. The zero-order valence-electron chi connectivity index (χ0n) is 10.8. The van der Waals surface area contributed by atoms with Crippen molar-refractivity contribution in [2.24, 2.45) is 0 Å². The Hall–Kier alpha value is -0.820. The molecule has 5 nitrogen and oxygen atoms in total. The Morgan fingerprint density at radius 1 is 1.30 bits per heavy atom. The largest absolute Gasteiger partial charge is 0.480 e. The van der Waals surface area contributed by atoms with Crippen LogP contribution in [0.1, 0.15) is 18.9 Å². The van der Waals surface area contributed by atoms with Gasteiger partial charge in [-0.1, -0.05) is 36.2 Å². The van der Waals surface area contributed by atoms with Gasteiger partial charge >= 0.3 is 5.97 Å². The van der Waals surface area contributed by atoms with Gasteiger partial charge in [-0.3, -0.25) is 4.79 Å². The van der Waals surface area contributed by atoms with Crippen LogP contribution in [0.25, 0.3) is 0 Å². The van der Waals surface area contributed by atoms with Crippen molar-refractivity contribution >= 4 is 39.2 Å². The highest BCUT2D eigenvalue weighted by Gasteiger charge is 2.25. The SMILES string of the molecule is CCCN(CC(=O)O)S(=O)(=O)Cc1c(Cl)cccc1Cl. The van der Waals surface area contributed by atoms with E-state index in [2.05, 4.69) is 0 Å². The first kappa shape index (κ1) is 17.2. The lowest BCUT2D eigenvalue weighted by Crippen LogP contribution is -2.37. The third-order valence-electron chi connectivity index (χ3n) is 2.57. The number of carboxylic acids is 1. The minimum absolute atomic E-state index is 0.136. The van der Waals surface area contributed by atoms with Gasteiger partial charge in [0.1, 0.15) is 6.54 Å². The molecular formula is C12H15Cl2NO4S. The number of aliphatic carboxylic acids is 1. The predicted molar refractivity (Wildman–Crippen MR) is 78.6 cm³/mol. The molecule has 8 heteroatoms. The maximum Gasteiger partial charge on any atom is 0.318 e. The van der Waals surface area contributed by atoms with Gasteiger partial charge in [0, 0.05) is 22.2 Å². The van der Waals surface area contributed by atoms with Gasteiger partial charge in [-0.2, -0.15) is 4.31 Å². The van der Waals surface area contributed by atoms with Gasteiger partial charge in [-0.05, 0) is 18.6 Å². The lowest BCUT2D eigenvalue weighted by Gasteiger charge is -2.20. The predicted octanol–water partition coefficient (Wildman–Crippen LogP) is 2.62. The van der Waals surface area contributed by atoms with Crippen molar-refractivity contribution < 1.29 is 18.3 Å². The molecule has 0 spiro atoms. The number of carboxylic acid groups (broad SMARTS) is 1. The Balaban J connectivity index is 3.05. The molecule has 20 heavy (non-hydrogen) atoms. The molecule has 0 aliphatic carbocycles. The molecule has 1 rings (SSSR count). The van der Waals surface area contributed by atoms with Crippen LogP contribution in [-0.4, -0.2) is 36.9 Å². The number of hydrogen-bond acceptors (Lipinski definition) is 3. The van der Waals surface area contributed by atoms with Crippen LogP contribution in [-0.2, 0) is 20.6 Å². The number of halogens is 2. The zero-order valence-corrected chi connectivity index (χ0v) is 13.2. The maximum atomic E-state index is 12.3. The third-order valence-corrected chi connectivity index (χ3v) is 5.03. The number of hydrogen-bond donors (Lipinski definition) is 1. The maximum absolute atomic E-state index is 12.3. The lowest BCUT2D eigenvalue weighted by atomic mass is 10.2. The molecule has 1 N–H and O–H groups in total. The number of sulfonamides is 1. The summed E-state index contributed by atoms with van der Waals surface area (Å²) < 4.78 is 25.5. The summed E-state index contributed by atoms with van der Waals surface area (Å²) in [6.07, 6.45) is 0.517. The van der Waals surface area contributed by atoms with Crippen LogP contribution >= 0.6 is 23.2 Å². The van der Waals surface area contributed by atoms with E-state index in [1.54, 1.807) is 25.1 Å². The fourth-order valence-electron chi connectivity index (χ4n) is 1.66. The van der Waals surface area contributed by atoms with Gasteiger partial charge in [0.05, 0.1) is 5.75 Å². The van der Waals surface area contributed by atoms with Crippen molar-refractivity contribution in [3.8, 4) is 0 Å². The van der Waals surface area contributed by atoms with Crippen LogP contribution in [0.3, 0.4) is 0 Å². The summed E-state index contributed by atoms with van der Waals surface area (Å²) >= 11 is 11.9. The van der Waals surface area contributed by atoms with E-state index in [-0.39, 0.29) is 22.2 Å². The molecule has 112 valence electrons. The van der Waals surface area contributed by atoms with Crippen LogP contribution in [0.2, 0.25) is 10.0 Å². The van der Waals surface area contributed by atoms with E-state index in [1.807, 2.05) is 0 Å². The van der Waals surface area contributed by atoms with Crippen LogP contribution in [0.4, 0.5) is 0 Å². The monoisotopic (exact) mass is 339 g/mol. The van der Waals surface area contributed by atoms with Crippen molar-refractivity contribution in [2.45, 2.75) is 19.1 Å². The van der Waals surface area contributed by atoms with Crippen LogP contribution < -0.4 is 0 Å². The summed E-state index contributed by atoms with van der Waals surface area (Å²) in [4.78, 5) is 10.8. The molecule has 0 amide bonds. The third kappa shape index (κ3) is 4.63. The molecule has 0 atom stereocenters. The molecule has 1 aromatic rings. The quantitative estimate of drug-likeness (QED) is 0.828. The molecule has 0 bridgehead atoms. The second kappa shape index (κ2) is 7.26. The fourth-order valence-corrected chi connectivity index (χ4v) is 3.98. The summed E-state index contributed by atoms with van der Waals surface area (Å²) in [6, 6.07) is 4.70. The standard InChI is InChI=1S/C12H15Cl2NO4S/c1-2-6-15(7-12(16)17)20(18,19)8-9-10(13)4-3-5-11(9)14/h3-5H,2,6-8H2,1H3,(H,16,17). The molecule has 0 aliphatic heterocycles. The molecule has 0 unspecified atom stereocenters. The Kier molecular flexibility index (Phi) is 6.26. The first-order valence-corrected chi connectivity index (χ1v) is 8.27. The molecule has 0 fully saturated rings. The first-order valence-electron chi connectivity index (χ1n) is 5.90. The molecule has 1 aromatic carbocycles. The highest BCUT2D eigenvalue weighted by Crippen LogP contribution is 2.27. The van der Waals surface area contributed by atoms with E-state index in [9.17, 15) is 13.2 Å². The molecular weight excluding hydrogens is 325 g/mol. The van der Waals surface area contributed by atoms with Crippen LogP contribution in [0.5, 0.6) is 0 Å². The second-order valence-electron chi connectivity index (χ2n) is 4.18. The van der Waals surface area contributed by atoms with Gasteiger partial charge in [-0.15, -0.1) is 0 Å². The van der Waals surface area contributed by atoms with Crippen molar-refractivity contribution in [1.82, 2.24) is 4.31 Å². The van der Waals surface area contributed by atoms with Crippen LogP contribution in [0, 0.1) is 0 Å². The first-order chi connectivity index (χ1) is 9.27. The highest BCUT2D eigenvalue weighted by molar-refractivity contribution is 7.88. The molecule has 0 radical (unpaired) electrons.